The van der Waals surface area contributed by atoms with E-state index >= 15 is 0 Å². The molecule has 0 aliphatic carbocycles. The maximum absolute atomic E-state index is 13.3. The summed E-state index contributed by atoms with van der Waals surface area (Å²) in [5.74, 6) is -3.79. The van der Waals surface area contributed by atoms with Gasteiger partial charge in [-0.05, 0) is 60.5 Å². The van der Waals surface area contributed by atoms with Crippen molar-refractivity contribution in [2.75, 3.05) is 23.7 Å². The average molecular weight is 612 g/mol. The van der Waals surface area contributed by atoms with Crippen LogP contribution in [0.1, 0.15) is 65.4 Å². The van der Waals surface area contributed by atoms with Gasteiger partial charge in [-0.2, -0.15) is 0 Å². The van der Waals surface area contributed by atoms with Gasteiger partial charge in [0, 0.05) is 24.3 Å². The number of carboxylic acid groups (broad SMARTS) is 2. The lowest BCUT2D eigenvalue weighted by atomic mass is 9.89. The molecule has 2 aromatic rings. The van der Waals surface area contributed by atoms with Crippen molar-refractivity contribution in [3.05, 3.63) is 60.2 Å². The van der Waals surface area contributed by atoms with E-state index in [2.05, 4.69) is 26.6 Å². The van der Waals surface area contributed by atoms with Crippen LogP contribution >= 0.6 is 0 Å². The minimum atomic E-state index is -1.27. The number of urea groups is 1. The van der Waals surface area contributed by atoms with Gasteiger partial charge in [0.25, 0.3) is 0 Å². The first-order valence-electron chi connectivity index (χ1n) is 14.6. The van der Waals surface area contributed by atoms with Crippen molar-refractivity contribution in [3.8, 4) is 0 Å². The van der Waals surface area contributed by atoms with Gasteiger partial charge in [0.15, 0.2) is 0 Å². The number of carbonyl (C=O) groups excluding carboxylic acids is 3. The number of nitrogens with one attached hydrogen (secondary N) is 5. The zero-order chi connectivity index (χ0) is 32.9. The SMILES string of the molecule is CC(C)CC(C(=O)NC(CNCCC(NC(=O)CC(C)(C)C)C(=O)O)C(=O)O)c1ccc(NC(=O)Nc2ccccc2)cc1. The molecule has 0 saturated heterocycles. The Hall–Kier alpha value is -4.45. The fourth-order valence-corrected chi connectivity index (χ4v) is 4.43. The van der Waals surface area contributed by atoms with Crippen LogP contribution in [0.15, 0.2) is 54.6 Å². The molecule has 2 rings (SSSR count). The highest BCUT2D eigenvalue weighted by Crippen LogP contribution is 2.26. The molecule has 0 aromatic heterocycles. The monoisotopic (exact) mass is 611 g/mol. The van der Waals surface area contributed by atoms with E-state index in [1.807, 2.05) is 40.7 Å². The molecule has 0 radical (unpaired) electrons. The standard InChI is InChI=1S/C32H45N5O7/c1-20(2)17-24(21-11-13-23(14-12-21)35-31(44)34-22-9-7-6-8-10-22)28(39)37-26(30(42)43)19-33-16-15-25(29(40)41)36-27(38)18-32(3,4)5/h6-14,20,24-26,33H,15-19H2,1-5H3,(H,36,38)(H,37,39)(H,40,41)(H,42,43)(H2,34,35,44). The number of hydrogen-bond donors (Lipinski definition) is 7. The second-order valence-corrected chi connectivity index (χ2v) is 12.3. The van der Waals surface area contributed by atoms with Crippen molar-refractivity contribution in [2.24, 2.45) is 11.3 Å². The van der Waals surface area contributed by atoms with Crippen LogP contribution in [0, 0.1) is 11.3 Å². The zero-order valence-electron chi connectivity index (χ0n) is 26.0. The Morgan fingerprint density at radius 2 is 1.34 bits per heavy atom. The summed E-state index contributed by atoms with van der Waals surface area (Å²) in [5, 5.41) is 32.7. The Morgan fingerprint density at radius 3 is 1.86 bits per heavy atom. The van der Waals surface area contributed by atoms with Gasteiger partial charge in [-0.25, -0.2) is 14.4 Å². The van der Waals surface area contributed by atoms with Crippen LogP contribution in [0.2, 0.25) is 0 Å². The number of carbonyl (C=O) groups is 5. The molecule has 0 aliphatic heterocycles. The fraction of sp³-hybridized carbons (Fsp3) is 0.469. The lowest BCUT2D eigenvalue weighted by Gasteiger charge is -2.23. The van der Waals surface area contributed by atoms with Crippen molar-refractivity contribution < 1.29 is 34.2 Å². The van der Waals surface area contributed by atoms with Gasteiger partial charge >= 0.3 is 18.0 Å². The van der Waals surface area contributed by atoms with E-state index < -0.39 is 41.9 Å². The summed E-state index contributed by atoms with van der Waals surface area (Å²) in [7, 11) is 0. The smallest absolute Gasteiger partial charge is 0.327 e. The molecular formula is C32H45N5O7. The first kappa shape index (κ1) is 35.7. The predicted octanol–water partition coefficient (Wildman–Crippen LogP) is 4.02. The Labute approximate surface area is 258 Å². The molecule has 12 nitrogen and oxygen atoms in total. The summed E-state index contributed by atoms with van der Waals surface area (Å²) in [5.41, 5.74) is 1.52. The Bertz CT molecular complexity index is 1260. The quantitative estimate of drug-likeness (QED) is 0.139. The summed E-state index contributed by atoms with van der Waals surface area (Å²) in [6, 6.07) is 13.0. The summed E-state index contributed by atoms with van der Waals surface area (Å²) in [4.78, 5) is 61.4. The highest BCUT2D eigenvalue weighted by atomic mass is 16.4. The van der Waals surface area contributed by atoms with Crippen molar-refractivity contribution in [1.29, 1.82) is 0 Å². The van der Waals surface area contributed by atoms with Gasteiger partial charge in [0.05, 0.1) is 5.92 Å². The molecule has 0 spiro atoms. The molecule has 0 aliphatic rings. The van der Waals surface area contributed by atoms with Gasteiger partial charge in [0.1, 0.15) is 12.1 Å². The number of aliphatic carboxylic acids is 2. The Morgan fingerprint density at radius 1 is 0.773 bits per heavy atom. The highest BCUT2D eigenvalue weighted by molar-refractivity contribution is 5.99. The van der Waals surface area contributed by atoms with Gasteiger partial charge in [-0.3, -0.25) is 9.59 Å². The molecule has 0 heterocycles. The maximum atomic E-state index is 13.3. The summed E-state index contributed by atoms with van der Waals surface area (Å²) < 4.78 is 0. The number of hydrogen-bond acceptors (Lipinski definition) is 6. The predicted molar refractivity (Wildman–Crippen MR) is 168 cm³/mol. The van der Waals surface area contributed by atoms with Crippen LogP contribution in [0.4, 0.5) is 16.2 Å². The molecule has 240 valence electrons. The first-order chi connectivity index (χ1) is 20.6. The number of amides is 4. The second kappa shape index (κ2) is 17.0. The topological polar surface area (TPSA) is 186 Å². The number of para-hydroxylation sites is 1. The van der Waals surface area contributed by atoms with Crippen LogP contribution in [-0.4, -0.2) is 65.2 Å². The van der Waals surface area contributed by atoms with Crippen LogP contribution in [-0.2, 0) is 19.2 Å². The van der Waals surface area contributed by atoms with Gasteiger partial charge in [-0.15, -0.1) is 0 Å². The summed E-state index contributed by atoms with van der Waals surface area (Å²) in [6.45, 7) is 9.49. The molecule has 0 bridgehead atoms. The van der Waals surface area contributed by atoms with E-state index in [0.29, 0.717) is 23.4 Å². The lowest BCUT2D eigenvalue weighted by Crippen LogP contribution is -2.49. The minimum Gasteiger partial charge on any atom is -0.480 e. The molecule has 4 amide bonds. The van der Waals surface area contributed by atoms with E-state index in [0.717, 1.165) is 0 Å². The van der Waals surface area contributed by atoms with Crippen LogP contribution < -0.4 is 26.6 Å². The van der Waals surface area contributed by atoms with Crippen LogP contribution in [0.3, 0.4) is 0 Å². The summed E-state index contributed by atoms with van der Waals surface area (Å²) >= 11 is 0. The molecule has 3 unspecified atom stereocenters. The van der Waals surface area contributed by atoms with Gasteiger partial charge in [0.2, 0.25) is 11.8 Å². The van der Waals surface area contributed by atoms with Crippen molar-refractivity contribution in [1.82, 2.24) is 16.0 Å². The van der Waals surface area contributed by atoms with Gasteiger partial charge in [-0.1, -0.05) is 65.0 Å². The maximum Gasteiger partial charge on any atom is 0.327 e. The second-order valence-electron chi connectivity index (χ2n) is 12.3. The largest absolute Gasteiger partial charge is 0.480 e. The Kier molecular flexibility index (Phi) is 13.8. The molecule has 0 saturated carbocycles. The third kappa shape index (κ3) is 13.2. The molecular weight excluding hydrogens is 566 g/mol. The normalized spacial score (nSPS) is 13.3. The van der Waals surface area contributed by atoms with Crippen molar-refractivity contribution in [3.63, 3.8) is 0 Å². The van der Waals surface area contributed by atoms with E-state index in [9.17, 15) is 34.2 Å². The van der Waals surface area contributed by atoms with Crippen molar-refractivity contribution >= 4 is 41.2 Å². The van der Waals surface area contributed by atoms with Gasteiger partial charge < -0.3 is 36.8 Å². The third-order valence-electron chi connectivity index (χ3n) is 6.52. The fourth-order valence-electron chi connectivity index (χ4n) is 4.43. The third-order valence-corrected chi connectivity index (χ3v) is 6.52. The molecule has 44 heavy (non-hydrogen) atoms. The zero-order valence-corrected chi connectivity index (χ0v) is 26.0. The number of benzene rings is 2. The minimum absolute atomic E-state index is 0.0330. The Balaban J connectivity index is 1.98. The average Bonchev–Trinajstić information content (AvgIpc) is 2.92. The molecule has 3 atom stereocenters. The van der Waals surface area contributed by atoms with Crippen LogP contribution in [0.5, 0.6) is 0 Å². The van der Waals surface area contributed by atoms with E-state index in [1.54, 1.807) is 48.5 Å². The summed E-state index contributed by atoms with van der Waals surface area (Å²) in [6.07, 6.45) is 0.657. The van der Waals surface area contributed by atoms with Crippen LogP contribution in [0.25, 0.3) is 0 Å². The van der Waals surface area contributed by atoms with E-state index in [-0.39, 0.29) is 43.2 Å². The molecule has 2 aromatic carbocycles. The van der Waals surface area contributed by atoms with E-state index in [1.165, 1.54) is 0 Å². The van der Waals surface area contributed by atoms with E-state index in [4.69, 9.17) is 0 Å². The molecule has 0 fully saturated rings. The number of carboxylic acids is 2. The lowest BCUT2D eigenvalue weighted by molar-refractivity contribution is -0.142. The number of anilines is 2. The number of rotatable bonds is 16. The highest BCUT2D eigenvalue weighted by Gasteiger charge is 2.28. The van der Waals surface area contributed by atoms with Crippen molar-refractivity contribution in [2.45, 2.75) is 71.9 Å². The molecule has 12 heteroatoms. The molecule has 7 N–H and O–H groups in total. The first-order valence-corrected chi connectivity index (χ1v) is 14.6.